The number of nitrogens with one attached hydrogen (secondary N) is 2. The zero-order valence-corrected chi connectivity index (χ0v) is 13.1. The van der Waals surface area contributed by atoms with Crippen molar-refractivity contribution in [3.05, 3.63) is 59.7 Å². The number of rotatable bonds is 7. The van der Waals surface area contributed by atoms with Crippen molar-refractivity contribution in [3.8, 4) is 5.75 Å². The highest BCUT2D eigenvalue weighted by Gasteiger charge is 2.04. The van der Waals surface area contributed by atoms with Gasteiger partial charge in [-0.2, -0.15) is 0 Å². The van der Waals surface area contributed by atoms with Gasteiger partial charge in [-0.25, -0.2) is 0 Å². The SMILES string of the molecule is COc1ccccc1CCNCC(=O)Nc1cccc(C)c1. The van der Waals surface area contributed by atoms with E-state index >= 15 is 0 Å². The third-order valence-corrected chi connectivity index (χ3v) is 3.35. The summed E-state index contributed by atoms with van der Waals surface area (Å²) in [6.45, 7) is 3.02. The minimum Gasteiger partial charge on any atom is -0.496 e. The molecule has 0 saturated heterocycles. The van der Waals surface area contributed by atoms with Crippen LogP contribution in [0.1, 0.15) is 11.1 Å². The molecule has 22 heavy (non-hydrogen) atoms. The van der Waals surface area contributed by atoms with E-state index in [9.17, 15) is 4.79 Å². The fourth-order valence-electron chi connectivity index (χ4n) is 2.26. The van der Waals surface area contributed by atoms with Gasteiger partial charge in [0, 0.05) is 5.69 Å². The standard InChI is InChI=1S/C18H22N2O2/c1-14-6-5-8-16(12-14)20-18(21)13-19-11-10-15-7-3-4-9-17(15)22-2/h3-9,12,19H,10-11,13H2,1-2H3,(H,20,21). The smallest absolute Gasteiger partial charge is 0.238 e. The summed E-state index contributed by atoms with van der Waals surface area (Å²) in [5.74, 6) is 0.846. The Morgan fingerprint density at radius 2 is 1.95 bits per heavy atom. The molecule has 0 atom stereocenters. The lowest BCUT2D eigenvalue weighted by atomic mass is 10.1. The first-order chi connectivity index (χ1) is 10.7. The first kappa shape index (κ1) is 16.0. The summed E-state index contributed by atoms with van der Waals surface area (Å²) in [4.78, 5) is 11.9. The number of anilines is 1. The van der Waals surface area contributed by atoms with Crippen LogP contribution >= 0.6 is 0 Å². The predicted molar refractivity (Wildman–Crippen MR) is 89.4 cm³/mol. The van der Waals surface area contributed by atoms with Crippen LogP contribution in [0.5, 0.6) is 5.75 Å². The third-order valence-electron chi connectivity index (χ3n) is 3.35. The van der Waals surface area contributed by atoms with E-state index in [4.69, 9.17) is 4.74 Å². The van der Waals surface area contributed by atoms with E-state index in [2.05, 4.69) is 10.6 Å². The van der Waals surface area contributed by atoms with Crippen molar-refractivity contribution < 1.29 is 9.53 Å². The highest BCUT2D eigenvalue weighted by Crippen LogP contribution is 2.17. The molecule has 0 bridgehead atoms. The maximum Gasteiger partial charge on any atom is 0.238 e. The number of carbonyl (C=O) groups excluding carboxylic acids is 1. The average molecular weight is 298 g/mol. The molecule has 4 nitrogen and oxygen atoms in total. The van der Waals surface area contributed by atoms with Crippen LogP contribution in [-0.4, -0.2) is 26.1 Å². The summed E-state index contributed by atoms with van der Waals surface area (Å²) in [6, 6.07) is 15.7. The van der Waals surface area contributed by atoms with E-state index in [-0.39, 0.29) is 5.91 Å². The van der Waals surface area contributed by atoms with Gasteiger partial charge in [0.05, 0.1) is 13.7 Å². The molecule has 0 aliphatic rings. The number of hydrogen-bond donors (Lipinski definition) is 2. The second kappa shape index (κ2) is 8.20. The van der Waals surface area contributed by atoms with E-state index in [0.29, 0.717) is 6.54 Å². The third kappa shape index (κ3) is 4.90. The Labute approximate surface area is 131 Å². The Bertz CT molecular complexity index is 626. The van der Waals surface area contributed by atoms with E-state index in [1.165, 1.54) is 0 Å². The zero-order chi connectivity index (χ0) is 15.8. The molecule has 2 rings (SSSR count). The van der Waals surface area contributed by atoms with Crippen LogP contribution in [0.3, 0.4) is 0 Å². The topological polar surface area (TPSA) is 50.4 Å². The second-order valence-corrected chi connectivity index (χ2v) is 5.16. The lowest BCUT2D eigenvalue weighted by molar-refractivity contribution is -0.115. The number of amides is 1. The van der Waals surface area contributed by atoms with Crippen LogP contribution in [0.25, 0.3) is 0 Å². The van der Waals surface area contributed by atoms with Crippen molar-refractivity contribution in [2.24, 2.45) is 0 Å². The van der Waals surface area contributed by atoms with E-state index in [1.807, 2.05) is 55.5 Å². The van der Waals surface area contributed by atoms with Crippen LogP contribution < -0.4 is 15.4 Å². The van der Waals surface area contributed by atoms with E-state index < -0.39 is 0 Å². The molecule has 0 spiro atoms. The van der Waals surface area contributed by atoms with Gasteiger partial charge in [0.25, 0.3) is 0 Å². The largest absolute Gasteiger partial charge is 0.496 e. The van der Waals surface area contributed by atoms with Crippen molar-refractivity contribution in [1.82, 2.24) is 5.32 Å². The predicted octanol–water partition coefficient (Wildman–Crippen LogP) is 2.77. The summed E-state index contributed by atoms with van der Waals surface area (Å²) in [5.41, 5.74) is 3.09. The summed E-state index contributed by atoms with van der Waals surface area (Å²) in [6.07, 6.45) is 0.821. The van der Waals surface area contributed by atoms with Crippen molar-refractivity contribution in [2.75, 3.05) is 25.5 Å². The highest BCUT2D eigenvalue weighted by atomic mass is 16.5. The molecule has 0 saturated carbocycles. The quantitative estimate of drug-likeness (QED) is 0.773. The molecule has 0 fully saturated rings. The number of methoxy groups -OCH3 is 1. The van der Waals surface area contributed by atoms with Crippen LogP contribution in [0.4, 0.5) is 5.69 Å². The van der Waals surface area contributed by atoms with Crippen molar-refractivity contribution in [2.45, 2.75) is 13.3 Å². The summed E-state index contributed by atoms with van der Waals surface area (Å²) < 4.78 is 5.31. The van der Waals surface area contributed by atoms with Crippen LogP contribution in [0, 0.1) is 6.92 Å². The van der Waals surface area contributed by atoms with Gasteiger partial charge in [-0.1, -0.05) is 30.3 Å². The molecule has 0 radical (unpaired) electrons. The Morgan fingerprint density at radius 1 is 1.14 bits per heavy atom. The van der Waals surface area contributed by atoms with Gasteiger partial charge in [-0.3, -0.25) is 4.79 Å². The van der Waals surface area contributed by atoms with Gasteiger partial charge in [0.2, 0.25) is 5.91 Å². The Balaban J connectivity index is 1.73. The van der Waals surface area contributed by atoms with E-state index in [1.54, 1.807) is 7.11 Å². The van der Waals surface area contributed by atoms with Crippen molar-refractivity contribution in [1.29, 1.82) is 0 Å². The molecule has 116 valence electrons. The van der Waals surface area contributed by atoms with Crippen LogP contribution in [0.15, 0.2) is 48.5 Å². The molecule has 0 unspecified atom stereocenters. The molecular formula is C18H22N2O2. The molecule has 2 N–H and O–H groups in total. The van der Waals surface area contributed by atoms with Gasteiger partial charge >= 0.3 is 0 Å². The molecule has 0 aliphatic heterocycles. The maximum atomic E-state index is 11.9. The van der Waals surface area contributed by atoms with Crippen molar-refractivity contribution in [3.63, 3.8) is 0 Å². The number of benzene rings is 2. The average Bonchev–Trinajstić information content (AvgIpc) is 2.52. The highest BCUT2D eigenvalue weighted by molar-refractivity contribution is 5.92. The first-order valence-electron chi connectivity index (χ1n) is 7.38. The fraction of sp³-hybridized carbons (Fsp3) is 0.278. The summed E-state index contributed by atoms with van der Waals surface area (Å²) in [7, 11) is 1.67. The van der Waals surface area contributed by atoms with Gasteiger partial charge in [0.1, 0.15) is 5.75 Å². The molecule has 4 heteroatoms. The zero-order valence-electron chi connectivity index (χ0n) is 13.1. The fourth-order valence-corrected chi connectivity index (χ4v) is 2.26. The molecule has 2 aromatic carbocycles. The van der Waals surface area contributed by atoms with Gasteiger partial charge < -0.3 is 15.4 Å². The van der Waals surface area contributed by atoms with Gasteiger partial charge in [0.15, 0.2) is 0 Å². The van der Waals surface area contributed by atoms with Crippen LogP contribution in [0.2, 0.25) is 0 Å². The van der Waals surface area contributed by atoms with Gasteiger partial charge in [-0.05, 0) is 49.2 Å². The number of carbonyl (C=O) groups is 1. The lowest BCUT2D eigenvalue weighted by Gasteiger charge is -2.09. The number of aryl methyl sites for hydroxylation is 1. The molecular weight excluding hydrogens is 276 g/mol. The molecule has 0 heterocycles. The number of para-hydroxylation sites is 1. The Morgan fingerprint density at radius 3 is 2.73 bits per heavy atom. The molecule has 1 amide bonds. The first-order valence-corrected chi connectivity index (χ1v) is 7.38. The minimum absolute atomic E-state index is 0.0365. The molecule has 2 aromatic rings. The monoisotopic (exact) mass is 298 g/mol. The number of hydrogen-bond acceptors (Lipinski definition) is 3. The molecule has 0 aliphatic carbocycles. The van der Waals surface area contributed by atoms with Crippen LogP contribution in [-0.2, 0) is 11.2 Å². The summed E-state index contributed by atoms with van der Waals surface area (Å²) in [5, 5.41) is 6.03. The van der Waals surface area contributed by atoms with Crippen molar-refractivity contribution >= 4 is 11.6 Å². The summed E-state index contributed by atoms with van der Waals surface area (Å²) >= 11 is 0. The minimum atomic E-state index is -0.0365. The Hall–Kier alpha value is -2.33. The Kier molecular flexibility index (Phi) is 5.98. The molecule has 0 aromatic heterocycles. The van der Waals surface area contributed by atoms with Gasteiger partial charge in [-0.15, -0.1) is 0 Å². The normalized spacial score (nSPS) is 10.3. The maximum absolute atomic E-state index is 11.9. The number of ether oxygens (including phenoxy) is 1. The lowest BCUT2D eigenvalue weighted by Crippen LogP contribution is -2.29. The van der Waals surface area contributed by atoms with E-state index in [0.717, 1.165) is 35.5 Å². The second-order valence-electron chi connectivity index (χ2n) is 5.16.